The lowest BCUT2D eigenvalue weighted by Crippen LogP contribution is -2.27. The van der Waals surface area contributed by atoms with Crippen LogP contribution in [-0.4, -0.2) is 6.61 Å². The fraction of sp³-hybridized carbons (Fsp3) is 0.682. The average Bonchev–Trinajstić information content (AvgIpc) is 2.70. The molecule has 0 heterocycles. The molecule has 2 saturated carbocycles. The summed E-state index contributed by atoms with van der Waals surface area (Å²) in [7, 11) is 0. The molecule has 0 radical (unpaired) electrons. The molecule has 2 aliphatic carbocycles. The van der Waals surface area contributed by atoms with Crippen LogP contribution in [0, 0.1) is 46.6 Å². The van der Waals surface area contributed by atoms with Crippen molar-refractivity contribution in [3.63, 3.8) is 0 Å². The lowest BCUT2D eigenvalue weighted by Gasteiger charge is -2.37. The first-order valence-electron chi connectivity index (χ1n) is 10.1. The zero-order valence-corrected chi connectivity index (χ0v) is 15.6. The Morgan fingerprint density at radius 2 is 1.50 bits per heavy atom. The standard InChI is InChI=1S/C22H29F2NO/c1-2-15-3-7-17(8-4-15)18-9-5-16(6-10-18)14-26-20-12-11-19(13-25)21(23)22(20)24/h11-12,15-18H,2-10,14H2,1H3. The van der Waals surface area contributed by atoms with Gasteiger partial charge in [-0.2, -0.15) is 9.65 Å². The van der Waals surface area contributed by atoms with Crippen LogP contribution in [0.3, 0.4) is 0 Å². The third-order valence-corrected chi connectivity index (χ3v) is 6.67. The second-order valence-corrected chi connectivity index (χ2v) is 8.13. The minimum absolute atomic E-state index is 0.0819. The van der Waals surface area contributed by atoms with Gasteiger partial charge in [-0.25, -0.2) is 4.39 Å². The second kappa shape index (κ2) is 8.84. The molecule has 2 aliphatic rings. The number of rotatable bonds is 5. The number of ether oxygens (including phenoxy) is 1. The highest BCUT2D eigenvalue weighted by Crippen LogP contribution is 2.42. The molecule has 1 aromatic rings. The molecule has 142 valence electrons. The first-order chi connectivity index (χ1) is 12.6. The van der Waals surface area contributed by atoms with Gasteiger partial charge >= 0.3 is 0 Å². The van der Waals surface area contributed by atoms with Crippen LogP contribution in [0.15, 0.2) is 12.1 Å². The predicted octanol–water partition coefficient (Wildman–Crippen LogP) is 6.24. The molecule has 3 rings (SSSR count). The molecular weight excluding hydrogens is 332 g/mol. The molecule has 0 unspecified atom stereocenters. The van der Waals surface area contributed by atoms with Crippen LogP contribution in [0.4, 0.5) is 8.78 Å². The third kappa shape index (κ3) is 4.37. The number of hydrogen-bond donors (Lipinski definition) is 0. The summed E-state index contributed by atoms with van der Waals surface area (Å²) in [5.74, 6) is 0.844. The first-order valence-corrected chi connectivity index (χ1v) is 10.1. The molecule has 0 spiro atoms. The summed E-state index contributed by atoms with van der Waals surface area (Å²) in [6.07, 6.45) is 11.6. The highest BCUT2D eigenvalue weighted by atomic mass is 19.2. The topological polar surface area (TPSA) is 33.0 Å². The van der Waals surface area contributed by atoms with Gasteiger partial charge in [0.1, 0.15) is 6.07 Å². The van der Waals surface area contributed by atoms with Crippen molar-refractivity contribution >= 4 is 0 Å². The molecule has 0 N–H and O–H groups in total. The summed E-state index contributed by atoms with van der Waals surface area (Å²) in [6, 6.07) is 4.27. The van der Waals surface area contributed by atoms with Gasteiger partial charge in [0.2, 0.25) is 5.82 Å². The van der Waals surface area contributed by atoms with Crippen molar-refractivity contribution in [2.45, 2.75) is 64.7 Å². The average molecular weight is 361 g/mol. The van der Waals surface area contributed by atoms with E-state index in [-0.39, 0.29) is 11.3 Å². The van der Waals surface area contributed by atoms with Gasteiger partial charge in [-0.1, -0.05) is 26.2 Å². The molecule has 2 nitrogen and oxygen atoms in total. The summed E-state index contributed by atoms with van der Waals surface area (Å²) in [6.45, 7) is 2.73. The Kier molecular flexibility index (Phi) is 6.51. The molecule has 0 aliphatic heterocycles. The quantitative estimate of drug-likeness (QED) is 0.622. The van der Waals surface area contributed by atoms with Crippen LogP contribution in [0.25, 0.3) is 0 Å². The zero-order chi connectivity index (χ0) is 18.5. The Bertz CT molecular complexity index is 638. The normalized spacial score (nSPS) is 29.2. The van der Waals surface area contributed by atoms with Crippen molar-refractivity contribution in [2.75, 3.05) is 6.61 Å². The van der Waals surface area contributed by atoms with Crippen molar-refractivity contribution in [2.24, 2.45) is 23.7 Å². The molecule has 0 aromatic heterocycles. The minimum Gasteiger partial charge on any atom is -0.490 e. The van der Waals surface area contributed by atoms with Gasteiger partial charge in [-0.15, -0.1) is 0 Å². The van der Waals surface area contributed by atoms with Gasteiger partial charge in [0.05, 0.1) is 12.2 Å². The van der Waals surface area contributed by atoms with Gasteiger partial charge in [0, 0.05) is 0 Å². The number of benzene rings is 1. The lowest BCUT2D eigenvalue weighted by atomic mass is 9.69. The van der Waals surface area contributed by atoms with Gasteiger partial charge in [0.15, 0.2) is 11.6 Å². The Balaban J connectivity index is 1.45. The van der Waals surface area contributed by atoms with E-state index in [0.717, 1.165) is 30.6 Å². The third-order valence-electron chi connectivity index (χ3n) is 6.67. The fourth-order valence-corrected chi connectivity index (χ4v) is 4.83. The number of halogens is 2. The minimum atomic E-state index is -1.11. The Labute approximate surface area is 155 Å². The molecule has 4 heteroatoms. The smallest absolute Gasteiger partial charge is 0.201 e. The Hall–Kier alpha value is -1.63. The maximum Gasteiger partial charge on any atom is 0.201 e. The number of hydrogen-bond acceptors (Lipinski definition) is 2. The van der Waals surface area contributed by atoms with E-state index in [1.54, 1.807) is 6.07 Å². The monoisotopic (exact) mass is 361 g/mol. The van der Waals surface area contributed by atoms with Crippen LogP contribution in [0.5, 0.6) is 5.75 Å². The van der Waals surface area contributed by atoms with Gasteiger partial charge in [-0.05, 0) is 74.3 Å². The molecular formula is C22H29F2NO. The largest absolute Gasteiger partial charge is 0.490 e. The van der Waals surface area contributed by atoms with E-state index < -0.39 is 11.6 Å². The van der Waals surface area contributed by atoms with Gasteiger partial charge in [0.25, 0.3) is 0 Å². The van der Waals surface area contributed by atoms with Crippen LogP contribution < -0.4 is 4.74 Å². The molecule has 0 saturated heterocycles. The highest BCUT2D eigenvalue weighted by Gasteiger charge is 2.30. The van der Waals surface area contributed by atoms with Crippen molar-refractivity contribution in [1.82, 2.24) is 0 Å². The van der Waals surface area contributed by atoms with Crippen LogP contribution in [-0.2, 0) is 0 Å². The zero-order valence-electron chi connectivity index (χ0n) is 15.6. The molecule has 0 amide bonds. The Morgan fingerprint density at radius 1 is 0.923 bits per heavy atom. The van der Waals surface area contributed by atoms with Gasteiger partial charge < -0.3 is 4.74 Å². The summed E-state index contributed by atoms with van der Waals surface area (Å²) in [4.78, 5) is 0. The van der Waals surface area contributed by atoms with E-state index in [1.807, 2.05) is 0 Å². The van der Waals surface area contributed by atoms with Crippen LogP contribution in [0.1, 0.15) is 70.3 Å². The Morgan fingerprint density at radius 3 is 2.04 bits per heavy atom. The molecule has 0 atom stereocenters. The van der Waals surface area contributed by atoms with E-state index in [1.165, 1.54) is 57.1 Å². The van der Waals surface area contributed by atoms with Crippen molar-refractivity contribution in [1.29, 1.82) is 5.26 Å². The first kappa shape index (κ1) is 19.1. The molecule has 26 heavy (non-hydrogen) atoms. The van der Waals surface area contributed by atoms with Gasteiger partial charge in [-0.3, -0.25) is 0 Å². The summed E-state index contributed by atoms with van der Waals surface area (Å²) in [5, 5.41) is 8.73. The fourth-order valence-electron chi connectivity index (χ4n) is 4.83. The van der Waals surface area contributed by atoms with E-state index >= 15 is 0 Å². The molecule has 1 aromatic carbocycles. The molecule has 0 bridgehead atoms. The van der Waals surface area contributed by atoms with Crippen LogP contribution in [0.2, 0.25) is 0 Å². The van der Waals surface area contributed by atoms with E-state index in [0.29, 0.717) is 12.5 Å². The van der Waals surface area contributed by atoms with Crippen LogP contribution >= 0.6 is 0 Å². The maximum atomic E-state index is 13.9. The van der Waals surface area contributed by atoms with E-state index in [4.69, 9.17) is 10.00 Å². The SMILES string of the molecule is CCC1CCC(C2CCC(COc3ccc(C#N)c(F)c3F)CC2)CC1. The van der Waals surface area contributed by atoms with Crippen molar-refractivity contribution in [3.05, 3.63) is 29.3 Å². The predicted molar refractivity (Wildman–Crippen MR) is 97.8 cm³/mol. The summed E-state index contributed by atoms with van der Waals surface area (Å²) >= 11 is 0. The van der Waals surface area contributed by atoms with Crippen molar-refractivity contribution in [3.8, 4) is 11.8 Å². The highest BCUT2D eigenvalue weighted by molar-refractivity contribution is 5.37. The van der Waals surface area contributed by atoms with Crippen molar-refractivity contribution < 1.29 is 13.5 Å². The van der Waals surface area contributed by atoms with E-state index in [2.05, 4.69) is 6.92 Å². The van der Waals surface area contributed by atoms with E-state index in [9.17, 15) is 8.78 Å². The lowest BCUT2D eigenvalue weighted by molar-refractivity contribution is 0.121. The number of nitrogens with zero attached hydrogens (tertiary/aromatic N) is 1. The summed E-state index contributed by atoms with van der Waals surface area (Å²) < 4.78 is 33.1. The molecule has 2 fully saturated rings. The number of nitriles is 1. The summed E-state index contributed by atoms with van der Waals surface area (Å²) in [5.41, 5.74) is -0.284. The second-order valence-electron chi connectivity index (χ2n) is 8.13. The maximum absolute atomic E-state index is 13.9.